The summed E-state index contributed by atoms with van der Waals surface area (Å²) in [5.74, 6) is -2.11. The Bertz CT molecular complexity index is 281. The number of carbonyl (C=O) groups excluding carboxylic acids is 3. The second-order valence-electron chi connectivity index (χ2n) is 2.68. The van der Waals surface area contributed by atoms with Crippen molar-refractivity contribution >= 4 is 17.9 Å². The lowest BCUT2D eigenvalue weighted by Gasteiger charge is -1.99. The molecule has 6 nitrogen and oxygen atoms in total. The maximum absolute atomic E-state index is 10.9. The molecular weight excluding hydrogens is 216 g/mol. The molecule has 0 aliphatic carbocycles. The van der Waals surface area contributed by atoms with Crippen molar-refractivity contribution in [2.75, 3.05) is 20.3 Å². The van der Waals surface area contributed by atoms with E-state index in [-0.39, 0.29) is 0 Å². The van der Waals surface area contributed by atoms with Crippen LogP contribution in [0.5, 0.6) is 0 Å². The normalized spacial score (nSPS) is 9.88. The minimum atomic E-state index is -0.807. The molecule has 0 aliphatic rings. The van der Waals surface area contributed by atoms with Gasteiger partial charge in [0, 0.05) is 12.2 Å². The molecule has 0 saturated carbocycles. The largest absolute Gasteiger partial charge is 0.466 e. The Hall–Kier alpha value is -1.85. The lowest BCUT2D eigenvalue weighted by molar-refractivity contribution is -0.154. The van der Waals surface area contributed by atoms with Gasteiger partial charge in [0.1, 0.15) is 0 Å². The Kier molecular flexibility index (Phi) is 7.48. The number of carbonyl (C=O) groups is 3. The van der Waals surface area contributed by atoms with Gasteiger partial charge in [-0.1, -0.05) is 6.92 Å². The average molecular weight is 230 g/mol. The molecule has 0 atom stereocenters. The Morgan fingerprint density at radius 2 is 1.62 bits per heavy atom. The zero-order valence-corrected chi connectivity index (χ0v) is 9.23. The molecule has 16 heavy (non-hydrogen) atoms. The first-order valence-corrected chi connectivity index (χ1v) is 4.68. The molecule has 0 fully saturated rings. The van der Waals surface area contributed by atoms with E-state index in [0.29, 0.717) is 13.0 Å². The van der Waals surface area contributed by atoms with Crippen molar-refractivity contribution in [3.05, 3.63) is 12.2 Å². The van der Waals surface area contributed by atoms with Gasteiger partial charge in [0.15, 0.2) is 6.61 Å². The van der Waals surface area contributed by atoms with Crippen molar-refractivity contribution in [1.82, 2.24) is 0 Å². The molecule has 0 aromatic heterocycles. The van der Waals surface area contributed by atoms with Gasteiger partial charge in [-0.05, 0) is 6.42 Å². The van der Waals surface area contributed by atoms with Crippen LogP contribution in [0.25, 0.3) is 0 Å². The standard InChI is InChI=1S/C10H14O6/c1-3-6-15-8(11)4-5-9(12)16-7-10(13)14-2/h4-5H,3,6-7H2,1-2H3/b5-4+. The van der Waals surface area contributed by atoms with Crippen molar-refractivity contribution in [2.24, 2.45) is 0 Å². The third-order valence-corrected chi connectivity index (χ3v) is 1.36. The molecule has 0 heterocycles. The summed E-state index contributed by atoms with van der Waals surface area (Å²) in [4.78, 5) is 32.4. The molecule has 0 rings (SSSR count). The smallest absolute Gasteiger partial charge is 0.344 e. The topological polar surface area (TPSA) is 78.9 Å². The SMILES string of the molecule is CCCOC(=O)/C=C/C(=O)OCC(=O)OC. The van der Waals surface area contributed by atoms with E-state index in [2.05, 4.69) is 14.2 Å². The predicted octanol–water partition coefficient (Wildman–Crippen LogP) is 0.212. The number of rotatable bonds is 6. The van der Waals surface area contributed by atoms with Crippen LogP contribution in [-0.4, -0.2) is 38.2 Å². The lowest BCUT2D eigenvalue weighted by Crippen LogP contribution is -2.13. The summed E-state index contributed by atoms with van der Waals surface area (Å²) in [7, 11) is 1.17. The van der Waals surface area contributed by atoms with Crippen LogP contribution in [0.4, 0.5) is 0 Å². The van der Waals surface area contributed by atoms with Crippen LogP contribution in [0.15, 0.2) is 12.2 Å². The highest BCUT2D eigenvalue weighted by atomic mass is 16.6. The molecule has 0 amide bonds. The Labute approximate surface area is 93.2 Å². The van der Waals surface area contributed by atoms with Crippen LogP contribution in [0.3, 0.4) is 0 Å². The van der Waals surface area contributed by atoms with E-state index in [1.807, 2.05) is 6.92 Å². The molecule has 0 bridgehead atoms. The van der Waals surface area contributed by atoms with Crippen molar-refractivity contribution in [3.63, 3.8) is 0 Å². The second-order valence-corrected chi connectivity index (χ2v) is 2.68. The van der Waals surface area contributed by atoms with E-state index in [4.69, 9.17) is 0 Å². The van der Waals surface area contributed by atoms with E-state index in [1.165, 1.54) is 7.11 Å². The summed E-state index contributed by atoms with van der Waals surface area (Å²) >= 11 is 0. The highest BCUT2D eigenvalue weighted by Gasteiger charge is 2.04. The van der Waals surface area contributed by atoms with Gasteiger partial charge in [-0.3, -0.25) is 0 Å². The van der Waals surface area contributed by atoms with Gasteiger partial charge in [-0.2, -0.15) is 0 Å². The average Bonchev–Trinajstić information content (AvgIpc) is 2.30. The quantitative estimate of drug-likeness (QED) is 0.369. The third kappa shape index (κ3) is 7.54. The van der Waals surface area contributed by atoms with E-state index < -0.39 is 24.5 Å². The minimum absolute atomic E-state index is 0.292. The number of hydrogen-bond donors (Lipinski definition) is 0. The summed E-state index contributed by atoms with van der Waals surface area (Å²) < 4.78 is 13.4. The predicted molar refractivity (Wildman–Crippen MR) is 53.4 cm³/mol. The van der Waals surface area contributed by atoms with Crippen LogP contribution in [0.1, 0.15) is 13.3 Å². The number of methoxy groups -OCH3 is 1. The van der Waals surface area contributed by atoms with E-state index in [9.17, 15) is 14.4 Å². The Morgan fingerprint density at radius 3 is 2.12 bits per heavy atom. The molecule has 0 aliphatic heterocycles. The van der Waals surface area contributed by atoms with Gasteiger partial charge >= 0.3 is 17.9 Å². The van der Waals surface area contributed by atoms with Crippen molar-refractivity contribution < 1.29 is 28.6 Å². The molecule has 0 saturated heterocycles. The Morgan fingerprint density at radius 1 is 1.06 bits per heavy atom. The summed E-state index contributed by atoms with van der Waals surface area (Å²) in [5.41, 5.74) is 0. The first-order chi connectivity index (χ1) is 7.60. The van der Waals surface area contributed by atoms with Crippen LogP contribution in [0, 0.1) is 0 Å². The van der Waals surface area contributed by atoms with Gasteiger partial charge < -0.3 is 14.2 Å². The highest BCUT2D eigenvalue weighted by Crippen LogP contribution is 1.88. The van der Waals surface area contributed by atoms with Gasteiger partial charge in [-0.25, -0.2) is 14.4 Å². The molecule has 0 spiro atoms. The maximum Gasteiger partial charge on any atom is 0.344 e. The number of esters is 3. The summed E-state index contributed by atoms with van der Waals surface area (Å²) in [6.07, 6.45) is 2.53. The fourth-order valence-corrected chi connectivity index (χ4v) is 0.624. The molecule has 0 radical (unpaired) electrons. The molecule has 90 valence electrons. The molecular formula is C10H14O6. The second kappa shape index (κ2) is 8.46. The van der Waals surface area contributed by atoms with E-state index in [0.717, 1.165) is 12.2 Å². The van der Waals surface area contributed by atoms with Crippen LogP contribution >= 0.6 is 0 Å². The van der Waals surface area contributed by atoms with Gasteiger partial charge in [0.25, 0.3) is 0 Å². The number of ether oxygens (including phenoxy) is 3. The van der Waals surface area contributed by atoms with Gasteiger partial charge in [-0.15, -0.1) is 0 Å². The maximum atomic E-state index is 10.9. The van der Waals surface area contributed by atoms with Crippen molar-refractivity contribution in [3.8, 4) is 0 Å². The first kappa shape index (κ1) is 14.2. The van der Waals surface area contributed by atoms with E-state index >= 15 is 0 Å². The van der Waals surface area contributed by atoms with Crippen molar-refractivity contribution in [2.45, 2.75) is 13.3 Å². The van der Waals surface area contributed by atoms with E-state index in [1.54, 1.807) is 0 Å². The van der Waals surface area contributed by atoms with Crippen LogP contribution < -0.4 is 0 Å². The van der Waals surface area contributed by atoms with Gasteiger partial charge in [0.2, 0.25) is 0 Å². The fraction of sp³-hybridized carbons (Fsp3) is 0.500. The van der Waals surface area contributed by atoms with Crippen molar-refractivity contribution in [1.29, 1.82) is 0 Å². The summed E-state index contributed by atoms with van der Waals surface area (Å²) in [6.45, 7) is 1.66. The van der Waals surface area contributed by atoms with Crippen LogP contribution in [-0.2, 0) is 28.6 Å². The zero-order chi connectivity index (χ0) is 12.4. The Balaban J connectivity index is 3.81. The molecule has 0 N–H and O–H groups in total. The lowest BCUT2D eigenvalue weighted by atomic mass is 10.5. The third-order valence-electron chi connectivity index (χ3n) is 1.36. The molecule has 0 aromatic rings. The minimum Gasteiger partial charge on any atom is -0.466 e. The monoisotopic (exact) mass is 230 g/mol. The van der Waals surface area contributed by atoms with Gasteiger partial charge in [0.05, 0.1) is 13.7 Å². The van der Waals surface area contributed by atoms with Crippen LogP contribution in [0.2, 0.25) is 0 Å². The summed E-state index contributed by atoms with van der Waals surface area (Å²) in [5, 5.41) is 0. The highest BCUT2D eigenvalue weighted by molar-refractivity contribution is 5.92. The first-order valence-electron chi connectivity index (χ1n) is 4.68. The molecule has 6 heteroatoms. The zero-order valence-electron chi connectivity index (χ0n) is 9.23. The molecule has 0 unspecified atom stereocenters. The summed E-state index contributed by atoms with van der Waals surface area (Å²) in [6, 6.07) is 0. The molecule has 0 aromatic carbocycles. The number of hydrogen-bond acceptors (Lipinski definition) is 6. The fourth-order valence-electron chi connectivity index (χ4n) is 0.624.